The number of para-hydroxylation sites is 1. The van der Waals surface area contributed by atoms with E-state index in [4.69, 9.17) is 4.74 Å². The van der Waals surface area contributed by atoms with Crippen LogP contribution in [0.4, 0.5) is 0 Å². The Bertz CT molecular complexity index is 628. The Kier molecular flexibility index (Phi) is 4.23. The fourth-order valence-electron chi connectivity index (χ4n) is 2.37. The van der Waals surface area contributed by atoms with Gasteiger partial charge in [-0.2, -0.15) is 0 Å². The van der Waals surface area contributed by atoms with Gasteiger partial charge in [-0.15, -0.1) is 0 Å². The third-order valence-corrected chi connectivity index (χ3v) is 3.24. The highest BCUT2D eigenvalue weighted by molar-refractivity contribution is 5.98. The summed E-state index contributed by atoms with van der Waals surface area (Å²) in [6, 6.07) is 7.17. The van der Waals surface area contributed by atoms with Crippen LogP contribution in [0.2, 0.25) is 0 Å². The molecule has 4 nitrogen and oxygen atoms in total. The fraction of sp³-hybridized carbons (Fsp3) is 0.375. The summed E-state index contributed by atoms with van der Waals surface area (Å²) in [6.45, 7) is 5.59. The summed E-state index contributed by atoms with van der Waals surface area (Å²) < 4.78 is 7.14. The molecule has 0 N–H and O–H groups in total. The zero-order valence-corrected chi connectivity index (χ0v) is 12.0. The van der Waals surface area contributed by atoms with Crippen molar-refractivity contribution in [3.8, 4) is 0 Å². The molecule has 0 aliphatic heterocycles. The second-order valence-corrected chi connectivity index (χ2v) is 5.04. The summed E-state index contributed by atoms with van der Waals surface area (Å²) in [6.07, 6.45) is 3.01. The molecule has 0 saturated carbocycles. The van der Waals surface area contributed by atoms with Crippen molar-refractivity contribution in [1.82, 2.24) is 4.57 Å². The Labute approximate surface area is 118 Å². The number of carbonyl (C=O) groups excluding carboxylic acids is 2. The Balaban J connectivity index is 2.49. The largest absolute Gasteiger partial charge is 0.461 e. The number of nitrogens with zero attached hydrogens (tertiary/aromatic N) is 1. The number of aromatic nitrogens is 1. The number of fused-ring (bicyclic) bond motifs is 1. The Morgan fingerprint density at radius 2 is 2.05 bits per heavy atom. The monoisotopic (exact) mass is 273 g/mol. The minimum absolute atomic E-state index is 0.149. The van der Waals surface area contributed by atoms with Gasteiger partial charge in [-0.1, -0.05) is 25.1 Å². The molecule has 1 aromatic heterocycles. The Morgan fingerprint density at radius 3 is 2.65 bits per heavy atom. The molecule has 0 aliphatic rings. The molecule has 0 saturated heterocycles. The second-order valence-electron chi connectivity index (χ2n) is 5.04. The molecule has 2 aromatic rings. The smallest absolute Gasteiger partial charge is 0.329 e. The van der Waals surface area contributed by atoms with E-state index in [1.165, 1.54) is 0 Å². The van der Waals surface area contributed by atoms with Gasteiger partial charge in [0.25, 0.3) is 0 Å². The molecule has 2 rings (SSSR count). The van der Waals surface area contributed by atoms with Crippen LogP contribution < -0.4 is 0 Å². The molecular weight excluding hydrogens is 254 g/mol. The first-order chi connectivity index (χ1) is 9.58. The summed E-state index contributed by atoms with van der Waals surface area (Å²) in [7, 11) is 0. The third kappa shape index (κ3) is 2.59. The first kappa shape index (κ1) is 14.3. The van der Waals surface area contributed by atoms with Crippen molar-refractivity contribution in [2.45, 2.75) is 39.3 Å². The number of esters is 1. The first-order valence-corrected chi connectivity index (χ1v) is 6.83. The Morgan fingerprint density at radius 1 is 1.35 bits per heavy atom. The molecular formula is C16H19NO3. The normalized spacial score (nSPS) is 12.6. The standard InChI is InChI=1S/C16H19NO3/c1-4-14(16(19)20-11(2)3)17-9-12(10-18)13-7-5-6-8-15(13)17/h5-11,14H,4H2,1-3H3. The number of carbonyl (C=O) groups is 2. The maximum absolute atomic E-state index is 12.2. The SMILES string of the molecule is CCC(C(=O)OC(C)C)n1cc(C=O)c2ccccc21. The van der Waals surface area contributed by atoms with E-state index in [0.29, 0.717) is 12.0 Å². The van der Waals surface area contributed by atoms with Crippen molar-refractivity contribution < 1.29 is 14.3 Å². The quantitative estimate of drug-likeness (QED) is 0.620. The lowest BCUT2D eigenvalue weighted by Gasteiger charge is -2.18. The maximum Gasteiger partial charge on any atom is 0.329 e. The van der Waals surface area contributed by atoms with Crippen molar-refractivity contribution in [1.29, 1.82) is 0 Å². The number of ether oxygens (including phenoxy) is 1. The molecule has 0 bridgehead atoms. The molecule has 0 spiro atoms. The number of rotatable bonds is 5. The van der Waals surface area contributed by atoms with Crippen LogP contribution in [0.3, 0.4) is 0 Å². The summed E-state index contributed by atoms with van der Waals surface area (Å²) in [5, 5.41) is 0.860. The molecule has 0 radical (unpaired) electrons. The van der Waals surface area contributed by atoms with Gasteiger partial charge in [0, 0.05) is 22.7 Å². The van der Waals surface area contributed by atoms with Gasteiger partial charge in [0.2, 0.25) is 0 Å². The van der Waals surface area contributed by atoms with E-state index in [0.717, 1.165) is 17.2 Å². The fourth-order valence-corrected chi connectivity index (χ4v) is 2.37. The van der Waals surface area contributed by atoms with Gasteiger partial charge >= 0.3 is 5.97 Å². The van der Waals surface area contributed by atoms with Gasteiger partial charge in [0.15, 0.2) is 6.29 Å². The van der Waals surface area contributed by atoms with Crippen molar-refractivity contribution in [3.63, 3.8) is 0 Å². The summed E-state index contributed by atoms with van der Waals surface area (Å²) in [4.78, 5) is 23.4. The van der Waals surface area contributed by atoms with E-state index in [9.17, 15) is 9.59 Å². The number of hydrogen-bond donors (Lipinski definition) is 0. The van der Waals surface area contributed by atoms with Crippen LogP contribution in [0.5, 0.6) is 0 Å². The van der Waals surface area contributed by atoms with E-state index in [1.54, 1.807) is 6.20 Å². The predicted molar refractivity (Wildman–Crippen MR) is 77.9 cm³/mol. The van der Waals surface area contributed by atoms with Crippen molar-refractivity contribution in [2.75, 3.05) is 0 Å². The first-order valence-electron chi connectivity index (χ1n) is 6.83. The highest BCUT2D eigenvalue weighted by atomic mass is 16.5. The molecule has 1 atom stereocenters. The van der Waals surface area contributed by atoms with Crippen molar-refractivity contribution in [2.24, 2.45) is 0 Å². The highest BCUT2D eigenvalue weighted by Crippen LogP contribution is 2.26. The zero-order valence-electron chi connectivity index (χ0n) is 12.0. The van der Waals surface area contributed by atoms with Crippen LogP contribution in [0.15, 0.2) is 30.5 Å². The van der Waals surface area contributed by atoms with Crippen LogP contribution in [-0.4, -0.2) is 22.9 Å². The molecule has 1 unspecified atom stereocenters. The lowest BCUT2D eigenvalue weighted by Crippen LogP contribution is -2.23. The molecule has 20 heavy (non-hydrogen) atoms. The van der Waals surface area contributed by atoms with Crippen LogP contribution in [0, 0.1) is 0 Å². The van der Waals surface area contributed by atoms with Gasteiger partial charge in [0.05, 0.1) is 6.10 Å². The number of aldehydes is 1. The van der Waals surface area contributed by atoms with E-state index < -0.39 is 6.04 Å². The van der Waals surface area contributed by atoms with E-state index in [2.05, 4.69) is 0 Å². The number of hydrogen-bond acceptors (Lipinski definition) is 3. The van der Waals surface area contributed by atoms with Crippen LogP contribution in [0.1, 0.15) is 43.6 Å². The summed E-state index contributed by atoms with van der Waals surface area (Å²) in [5.41, 5.74) is 1.47. The summed E-state index contributed by atoms with van der Waals surface area (Å²) >= 11 is 0. The van der Waals surface area contributed by atoms with Crippen LogP contribution in [-0.2, 0) is 9.53 Å². The minimum atomic E-state index is -0.406. The van der Waals surface area contributed by atoms with Gasteiger partial charge in [-0.05, 0) is 26.3 Å². The van der Waals surface area contributed by atoms with Gasteiger partial charge < -0.3 is 9.30 Å². The zero-order chi connectivity index (χ0) is 14.7. The molecule has 106 valence electrons. The topological polar surface area (TPSA) is 48.3 Å². The number of benzene rings is 1. The average molecular weight is 273 g/mol. The molecule has 1 heterocycles. The van der Waals surface area contributed by atoms with Gasteiger partial charge in [-0.25, -0.2) is 4.79 Å². The Hall–Kier alpha value is -2.10. The lowest BCUT2D eigenvalue weighted by atomic mass is 10.2. The van der Waals surface area contributed by atoms with Crippen molar-refractivity contribution in [3.05, 3.63) is 36.0 Å². The maximum atomic E-state index is 12.2. The average Bonchev–Trinajstić information content (AvgIpc) is 2.78. The molecule has 0 aliphatic carbocycles. The lowest BCUT2D eigenvalue weighted by molar-refractivity contribution is -0.151. The predicted octanol–water partition coefficient (Wildman–Crippen LogP) is 3.36. The molecule has 1 aromatic carbocycles. The molecule has 0 amide bonds. The minimum Gasteiger partial charge on any atom is -0.461 e. The molecule has 0 fully saturated rings. The van der Waals surface area contributed by atoms with E-state index in [1.807, 2.05) is 49.6 Å². The van der Waals surface area contributed by atoms with Crippen LogP contribution in [0.25, 0.3) is 10.9 Å². The highest BCUT2D eigenvalue weighted by Gasteiger charge is 2.23. The van der Waals surface area contributed by atoms with Gasteiger partial charge in [0.1, 0.15) is 6.04 Å². The van der Waals surface area contributed by atoms with Gasteiger partial charge in [-0.3, -0.25) is 4.79 Å². The second kappa shape index (κ2) is 5.90. The van der Waals surface area contributed by atoms with Crippen LogP contribution >= 0.6 is 0 Å². The third-order valence-electron chi connectivity index (χ3n) is 3.24. The molecule has 4 heteroatoms. The van der Waals surface area contributed by atoms with E-state index >= 15 is 0 Å². The van der Waals surface area contributed by atoms with E-state index in [-0.39, 0.29) is 12.1 Å². The van der Waals surface area contributed by atoms with Crippen molar-refractivity contribution >= 4 is 23.2 Å². The summed E-state index contributed by atoms with van der Waals surface area (Å²) in [5.74, 6) is -0.263.